The van der Waals surface area contributed by atoms with Gasteiger partial charge in [-0.2, -0.15) is 19.1 Å². The normalized spacial score (nSPS) is 10.6. The fraction of sp³-hybridized carbons (Fsp3) is 0.295. The van der Waals surface area contributed by atoms with Crippen LogP contribution in [0.3, 0.4) is 0 Å². The van der Waals surface area contributed by atoms with E-state index >= 15 is 0 Å². The van der Waals surface area contributed by atoms with Crippen molar-refractivity contribution in [3.05, 3.63) is 134 Å². The Bertz CT molecular complexity index is 1830. The van der Waals surface area contributed by atoms with Gasteiger partial charge in [-0.05, 0) is 88.8 Å². The molecule has 0 saturated carbocycles. The molecule has 0 saturated heterocycles. The van der Waals surface area contributed by atoms with Gasteiger partial charge in [-0.25, -0.2) is 0 Å². The van der Waals surface area contributed by atoms with Crippen LogP contribution in [0.25, 0.3) is 43.8 Å². The molecule has 248 valence electrons. The van der Waals surface area contributed by atoms with Crippen molar-refractivity contribution >= 4 is 38.6 Å². The van der Waals surface area contributed by atoms with E-state index in [9.17, 15) is 0 Å². The first-order valence-corrected chi connectivity index (χ1v) is 22.7. The van der Waals surface area contributed by atoms with E-state index in [4.69, 9.17) is 17.0 Å². The Hall–Kier alpha value is -2.44. The molecule has 0 bridgehead atoms. The van der Waals surface area contributed by atoms with Crippen LogP contribution >= 0.6 is 17.0 Å². The van der Waals surface area contributed by atoms with Gasteiger partial charge >= 0.3 is 37.9 Å². The molecule has 0 aliphatic heterocycles. The molecule has 0 fully saturated rings. The van der Waals surface area contributed by atoms with Crippen molar-refractivity contribution in [2.24, 2.45) is 0 Å². The van der Waals surface area contributed by atoms with E-state index in [1.807, 2.05) is 0 Å². The van der Waals surface area contributed by atoms with Crippen LogP contribution in [0.15, 0.2) is 60.7 Å². The standard InChI is InChI=1S/2C21H23.C2H5.2ClH.Zr/c2*1-12-10-18-16(5)15(4)17(6)21(19(18)11-12)20-13(2)8-7-9-14(20)3;1-2;;;/h2*7-11H,1-6H3;1H2,2H3;2*1H;/q3*-1;;;+2/p-2. The third kappa shape index (κ3) is 7.91. The predicted molar refractivity (Wildman–Crippen MR) is 210 cm³/mol. The summed E-state index contributed by atoms with van der Waals surface area (Å²) in [5, 5.41) is 5.64. The van der Waals surface area contributed by atoms with E-state index in [2.05, 4.69) is 151 Å². The predicted octanol–water partition coefficient (Wildman–Crippen LogP) is 14.4. The first kappa shape index (κ1) is 39.0. The molecule has 6 aromatic carbocycles. The second-order valence-electron chi connectivity index (χ2n) is 12.8. The van der Waals surface area contributed by atoms with Crippen molar-refractivity contribution in [2.45, 2.75) is 90.0 Å². The number of hydrogen-bond acceptors (Lipinski definition) is 0. The molecule has 0 radical (unpaired) electrons. The fourth-order valence-electron chi connectivity index (χ4n) is 7.15. The van der Waals surface area contributed by atoms with E-state index < -0.39 is 20.8 Å². The van der Waals surface area contributed by atoms with Crippen LogP contribution in [0.2, 0.25) is 0 Å². The Morgan fingerprint density at radius 1 is 0.447 bits per heavy atom. The molecule has 0 N–H and O–H groups in total. The zero-order valence-corrected chi connectivity index (χ0v) is 34.7. The van der Waals surface area contributed by atoms with Gasteiger partial charge in [0.05, 0.1) is 0 Å². The summed E-state index contributed by atoms with van der Waals surface area (Å²) in [6, 6.07) is 22.5. The summed E-state index contributed by atoms with van der Waals surface area (Å²) in [6.07, 6.45) is 0. The summed E-state index contributed by atoms with van der Waals surface area (Å²) in [6.45, 7) is 31.8. The molecule has 0 amide bonds. The van der Waals surface area contributed by atoms with E-state index in [1.165, 1.54) is 111 Å². The number of fused-ring (bicyclic) bond motifs is 2. The second kappa shape index (κ2) is 16.8. The third-order valence-corrected chi connectivity index (χ3v) is 9.88. The zero-order valence-electron chi connectivity index (χ0n) is 30.7. The minimum absolute atomic E-state index is 0.826. The molecule has 0 nitrogen and oxygen atoms in total. The van der Waals surface area contributed by atoms with Crippen LogP contribution < -0.4 is 0 Å². The summed E-state index contributed by atoms with van der Waals surface area (Å²) in [7, 11) is 9.87. The van der Waals surface area contributed by atoms with E-state index in [1.54, 1.807) is 6.92 Å². The maximum absolute atomic E-state index is 4.93. The second-order valence-corrected chi connectivity index (χ2v) is 16.6. The fourth-order valence-corrected chi connectivity index (χ4v) is 7.15. The molecule has 6 rings (SSSR count). The molecule has 0 unspecified atom stereocenters. The summed E-state index contributed by atoms with van der Waals surface area (Å²) < 4.78 is 0. The van der Waals surface area contributed by atoms with Crippen LogP contribution in [0.4, 0.5) is 0 Å². The van der Waals surface area contributed by atoms with Crippen molar-refractivity contribution in [3.63, 3.8) is 0 Å². The Kier molecular flexibility index (Phi) is 13.9. The van der Waals surface area contributed by atoms with E-state index in [-0.39, 0.29) is 0 Å². The van der Waals surface area contributed by atoms with Gasteiger partial charge in [0, 0.05) is 0 Å². The molecule has 6 aromatic rings. The average Bonchev–Trinajstić information content (AvgIpc) is 3.62. The van der Waals surface area contributed by atoms with Crippen molar-refractivity contribution < 1.29 is 20.8 Å². The molecule has 0 aromatic heterocycles. The Morgan fingerprint density at radius 2 is 0.723 bits per heavy atom. The number of rotatable bonds is 2. The van der Waals surface area contributed by atoms with Crippen molar-refractivity contribution in [2.75, 3.05) is 0 Å². The Balaban J connectivity index is 0.000000225. The van der Waals surface area contributed by atoms with Gasteiger partial charge in [-0.1, -0.05) is 97.5 Å². The van der Waals surface area contributed by atoms with Gasteiger partial charge in [0.1, 0.15) is 0 Å². The van der Waals surface area contributed by atoms with Gasteiger partial charge < -0.3 is 6.92 Å². The van der Waals surface area contributed by atoms with Crippen LogP contribution in [-0.4, -0.2) is 0 Å². The van der Waals surface area contributed by atoms with Crippen molar-refractivity contribution in [1.82, 2.24) is 0 Å². The van der Waals surface area contributed by atoms with Gasteiger partial charge in [-0.15, -0.1) is 55.9 Å². The first-order valence-electron chi connectivity index (χ1n) is 16.4. The molecular weight excluding hydrogens is 691 g/mol. The Morgan fingerprint density at radius 3 is 1.00 bits per heavy atom. The van der Waals surface area contributed by atoms with Crippen LogP contribution in [0, 0.1) is 90.0 Å². The Labute approximate surface area is 303 Å². The molecule has 47 heavy (non-hydrogen) atoms. The molecule has 3 heteroatoms. The van der Waals surface area contributed by atoms with Crippen LogP contribution in [0.5, 0.6) is 0 Å². The average molecular weight is 742 g/mol. The number of aryl methyl sites for hydroxylation is 8. The van der Waals surface area contributed by atoms with Gasteiger partial charge in [0.25, 0.3) is 0 Å². The number of hydrogen-bond donors (Lipinski definition) is 0. The molecule has 0 spiro atoms. The monoisotopic (exact) mass is 739 g/mol. The zero-order chi connectivity index (χ0) is 35.3. The number of halogens is 2. The summed E-state index contributed by atoms with van der Waals surface area (Å²) in [5.41, 5.74) is 22.4. The van der Waals surface area contributed by atoms with Gasteiger partial charge in [0.15, 0.2) is 0 Å². The molecule has 0 aliphatic carbocycles. The number of benzene rings is 4. The van der Waals surface area contributed by atoms with Gasteiger partial charge in [0.2, 0.25) is 0 Å². The quantitative estimate of drug-likeness (QED) is 0.155. The van der Waals surface area contributed by atoms with Crippen LogP contribution in [-0.2, 0) is 20.8 Å². The SMILES string of the molecule is Cc1cc2c(-c3c(C)cccc3C)c(C)c(C)c(C)c2[cH-]1.Cc1cc2c(-c3c(C)cccc3C)c(C)c(C)c(C)c2[cH-]1.[CH2-]C.[Cl][Zr][Cl]. The molecule has 0 aliphatic rings. The molecule has 0 atom stereocenters. The summed E-state index contributed by atoms with van der Waals surface area (Å²) in [5.74, 6) is 0. The first-order chi connectivity index (χ1) is 22.2. The van der Waals surface area contributed by atoms with Crippen molar-refractivity contribution in [3.8, 4) is 22.3 Å². The molecular formula is C44H51Cl2Zr-3. The van der Waals surface area contributed by atoms with E-state index in [0.717, 1.165) is 0 Å². The van der Waals surface area contributed by atoms with Gasteiger partial charge in [-0.3, -0.25) is 0 Å². The summed E-state index contributed by atoms with van der Waals surface area (Å²) >= 11 is -0.826. The summed E-state index contributed by atoms with van der Waals surface area (Å²) in [4.78, 5) is 0. The topological polar surface area (TPSA) is 0 Å². The third-order valence-electron chi connectivity index (χ3n) is 9.88. The minimum atomic E-state index is -0.826. The van der Waals surface area contributed by atoms with Crippen molar-refractivity contribution in [1.29, 1.82) is 0 Å². The van der Waals surface area contributed by atoms with E-state index in [0.29, 0.717) is 0 Å². The maximum atomic E-state index is 4.93. The molecule has 0 heterocycles. The van der Waals surface area contributed by atoms with Crippen LogP contribution in [0.1, 0.15) is 73.7 Å².